The van der Waals surface area contributed by atoms with Gasteiger partial charge in [0.25, 0.3) is 0 Å². The Labute approximate surface area is 253 Å². The van der Waals surface area contributed by atoms with Crippen molar-refractivity contribution in [1.29, 1.82) is 0 Å². The molecule has 2 saturated heterocycles. The van der Waals surface area contributed by atoms with Crippen molar-refractivity contribution in [2.24, 2.45) is 17.8 Å². The van der Waals surface area contributed by atoms with Gasteiger partial charge in [0.05, 0.1) is 30.1 Å². The number of nitrogens with zero attached hydrogens (tertiary/aromatic N) is 3. The van der Waals surface area contributed by atoms with Gasteiger partial charge in [0.1, 0.15) is 11.6 Å². The molecule has 2 aromatic carbocycles. The first-order chi connectivity index (χ1) is 20.7. The van der Waals surface area contributed by atoms with Crippen molar-refractivity contribution in [2.45, 2.75) is 63.6 Å². The van der Waals surface area contributed by atoms with Crippen LogP contribution >= 0.6 is 0 Å². The third-order valence-corrected chi connectivity index (χ3v) is 9.94. The Hall–Kier alpha value is -3.75. The Bertz CT molecular complexity index is 1430. The summed E-state index contributed by atoms with van der Waals surface area (Å²) in [5.74, 6) is -2.51. The van der Waals surface area contributed by atoms with Crippen LogP contribution in [0.2, 0.25) is 0 Å². The predicted molar refractivity (Wildman–Crippen MR) is 162 cm³/mol. The van der Waals surface area contributed by atoms with Crippen LogP contribution in [-0.4, -0.2) is 80.5 Å². The SMILES string of the molecule is CC[C@H](C)[C@H](CO)N1C(=O)[C@@H]2[C@@H]3C(=O)N(Cc4ccccc4)CC=C[C@]3(C)O[C@@]23C=CCN(Cc2ccccc2)C(=O)C13. The highest BCUT2D eigenvalue weighted by molar-refractivity contribution is 6.00. The van der Waals surface area contributed by atoms with Crippen molar-refractivity contribution in [1.82, 2.24) is 14.7 Å². The zero-order chi connectivity index (χ0) is 30.4. The number of amides is 3. The number of benzene rings is 2. The number of hydrogen-bond donors (Lipinski definition) is 1. The maximum Gasteiger partial charge on any atom is 0.249 e. The molecule has 1 unspecified atom stereocenters. The lowest BCUT2D eigenvalue weighted by molar-refractivity contribution is -0.157. The van der Waals surface area contributed by atoms with Crippen molar-refractivity contribution >= 4 is 17.7 Å². The Morgan fingerprint density at radius 3 is 1.95 bits per heavy atom. The van der Waals surface area contributed by atoms with Crippen molar-refractivity contribution in [2.75, 3.05) is 19.7 Å². The lowest BCUT2D eigenvalue weighted by Crippen LogP contribution is -2.59. The Morgan fingerprint density at radius 1 is 0.837 bits per heavy atom. The topological polar surface area (TPSA) is 90.4 Å². The van der Waals surface area contributed by atoms with Crippen LogP contribution in [0.15, 0.2) is 85.0 Å². The monoisotopic (exact) mass is 583 g/mol. The number of aliphatic hydroxyl groups excluding tert-OH is 1. The van der Waals surface area contributed by atoms with E-state index in [0.29, 0.717) is 32.6 Å². The minimum atomic E-state index is -1.35. The van der Waals surface area contributed by atoms with Crippen LogP contribution in [0, 0.1) is 17.8 Å². The summed E-state index contributed by atoms with van der Waals surface area (Å²) in [7, 11) is 0. The van der Waals surface area contributed by atoms with Gasteiger partial charge in [-0.3, -0.25) is 14.4 Å². The zero-order valence-electron chi connectivity index (χ0n) is 25.1. The second-order valence-electron chi connectivity index (χ2n) is 12.6. The molecule has 7 atom stereocenters. The molecule has 8 heteroatoms. The van der Waals surface area contributed by atoms with Crippen LogP contribution in [-0.2, 0) is 32.2 Å². The molecule has 226 valence electrons. The van der Waals surface area contributed by atoms with Crippen molar-refractivity contribution < 1.29 is 24.2 Å². The summed E-state index contributed by atoms with van der Waals surface area (Å²) in [5.41, 5.74) is -0.461. The number of ether oxygens (including phenoxy) is 1. The summed E-state index contributed by atoms with van der Waals surface area (Å²) in [5, 5.41) is 10.6. The standard InChI is InChI=1S/C35H41N3O5/c1-4-24(2)27(23-39)38-30-33(42)37(22-26-15-9-6-10-16-26)20-12-18-35(30)29(32(38)41)28-31(40)36(19-11-17-34(28,3)43-35)21-25-13-7-5-8-14-25/h5-18,24,27-30,39H,4,19-23H2,1-3H3/t24-,27-,28+,29-,30?,34-,35-/m0/s1. The Balaban J connectivity index is 1.44. The van der Waals surface area contributed by atoms with Crippen LogP contribution < -0.4 is 0 Å². The van der Waals surface area contributed by atoms with E-state index in [1.807, 2.05) is 106 Å². The van der Waals surface area contributed by atoms with Gasteiger partial charge in [0.15, 0.2) is 0 Å². The Morgan fingerprint density at radius 2 is 1.40 bits per heavy atom. The molecule has 0 saturated carbocycles. The zero-order valence-corrected chi connectivity index (χ0v) is 25.1. The van der Waals surface area contributed by atoms with Crippen LogP contribution in [0.1, 0.15) is 38.3 Å². The molecule has 4 aliphatic heterocycles. The van der Waals surface area contributed by atoms with Gasteiger partial charge >= 0.3 is 0 Å². The van der Waals surface area contributed by atoms with E-state index in [1.165, 1.54) is 0 Å². The maximum atomic E-state index is 14.7. The molecule has 43 heavy (non-hydrogen) atoms. The molecule has 4 heterocycles. The van der Waals surface area contributed by atoms with Crippen molar-refractivity contribution in [3.05, 3.63) is 96.1 Å². The van der Waals surface area contributed by atoms with E-state index in [-0.39, 0.29) is 30.2 Å². The van der Waals surface area contributed by atoms with E-state index >= 15 is 0 Å². The first-order valence-electron chi connectivity index (χ1n) is 15.4. The highest BCUT2D eigenvalue weighted by Crippen LogP contribution is 2.58. The number of carbonyl (C=O) groups is 3. The predicted octanol–water partition coefficient (Wildman–Crippen LogP) is 3.56. The molecular formula is C35H41N3O5. The van der Waals surface area contributed by atoms with E-state index in [0.717, 1.165) is 11.1 Å². The highest BCUT2D eigenvalue weighted by atomic mass is 16.5. The number of fused-ring (bicyclic) bond motifs is 2. The molecule has 0 radical (unpaired) electrons. The van der Waals surface area contributed by atoms with Crippen LogP contribution in [0.5, 0.6) is 0 Å². The number of hydrogen-bond acceptors (Lipinski definition) is 5. The third kappa shape index (κ3) is 4.81. The molecule has 6 rings (SSSR count). The first kappa shape index (κ1) is 29.3. The van der Waals surface area contributed by atoms with E-state index in [1.54, 1.807) is 14.7 Å². The number of rotatable bonds is 8. The first-order valence-corrected chi connectivity index (χ1v) is 15.4. The fourth-order valence-corrected chi connectivity index (χ4v) is 7.62. The molecule has 1 N–H and O–H groups in total. The van der Waals surface area contributed by atoms with Crippen molar-refractivity contribution in [3.8, 4) is 0 Å². The Kier molecular flexibility index (Phi) is 7.77. The highest BCUT2D eigenvalue weighted by Gasteiger charge is 2.75. The second kappa shape index (κ2) is 11.4. The van der Waals surface area contributed by atoms with Crippen LogP contribution in [0.3, 0.4) is 0 Å². The second-order valence-corrected chi connectivity index (χ2v) is 12.6. The lowest BCUT2D eigenvalue weighted by Gasteiger charge is -2.41. The summed E-state index contributed by atoms with van der Waals surface area (Å²) in [6.45, 7) is 7.10. The maximum absolute atomic E-state index is 14.7. The smallest absolute Gasteiger partial charge is 0.249 e. The molecule has 2 fully saturated rings. The van der Waals surface area contributed by atoms with Gasteiger partial charge in [0.2, 0.25) is 17.7 Å². The van der Waals surface area contributed by atoms with E-state index < -0.39 is 35.1 Å². The van der Waals surface area contributed by atoms with Gasteiger partial charge in [-0.25, -0.2) is 0 Å². The minimum Gasteiger partial charge on any atom is -0.394 e. The van der Waals surface area contributed by atoms with Gasteiger partial charge in [0, 0.05) is 26.2 Å². The summed E-state index contributed by atoms with van der Waals surface area (Å²) in [4.78, 5) is 49.0. The van der Waals surface area contributed by atoms with Gasteiger partial charge in [-0.05, 0) is 24.0 Å². The molecule has 4 aliphatic rings. The van der Waals surface area contributed by atoms with Gasteiger partial charge in [-0.2, -0.15) is 0 Å². The number of carbonyl (C=O) groups excluding carboxylic acids is 3. The van der Waals surface area contributed by atoms with Crippen molar-refractivity contribution in [3.63, 3.8) is 0 Å². The fraction of sp³-hybridized carbons (Fsp3) is 0.457. The minimum absolute atomic E-state index is 0.0712. The fourth-order valence-electron chi connectivity index (χ4n) is 7.62. The molecule has 0 aliphatic carbocycles. The normalized spacial score (nSPS) is 31.4. The lowest BCUT2D eigenvalue weighted by atomic mass is 9.74. The summed E-state index contributed by atoms with van der Waals surface area (Å²) in [6, 6.07) is 18.0. The van der Waals surface area contributed by atoms with Gasteiger partial charge in [-0.15, -0.1) is 0 Å². The number of likely N-dealkylation sites (tertiary alicyclic amines) is 1. The van der Waals surface area contributed by atoms with Crippen LogP contribution in [0.25, 0.3) is 0 Å². The molecule has 8 nitrogen and oxygen atoms in total. The molecule has 2 aromatic rings. The van der Waals surface area contributed by atoms with Crippen LogP contribution in [0.4, 0.5) is 0 Å². The molecule has 0 bridgehead atoms. The third-order valence-electron chi connectivity index (χ3n) is 9.94. The van der Waals surface area contributed by atoms with E-state index in [2.05, 4.69) is 0 Å². The molecule has 0 aromatic heterocycles. The summed E-state index contributed by atoms with van der Waals surface area (Å²) in [6.07, 6.45) is 8.34. The van der Waals surface area contributed by atoms with Gasteiger partial charge < -0.3 is 24.5 Å². The van der Waals surface area contributed by atoms with Gasteiger partial charge in [-0.1, -0.05) is 105 Å². The summed E-state index contributed by atoms with van der Waals surface area (Å²) >= 11 is 0. The average molecular weight is 584 g/mol. The summed E-state index contributed by atoms with van der Waals surface area (Å²) < 4.78 is 6.96. The van der Waals surface area contributed by atoms with E-state index in [9.17, 15) is 19.5 Å². The molecule has 3 amide bonds. The molecule has 1 spiro atoms. The molecular weight excluding hydrogens is 542 g/mol. The number of aliphatic hydroxyl groups is 1. The largest absolute Gasteiger partial charge is 0.394 e. The average Bonchev–Trinajstić information content (AvgIpc) is 3.29. The van der Waals surface area contributed by atoms with E-state index in [4.69, 9.17) is 4.74 Å². The quantitative estimate of drug-likeness (QED) is 0.480.